The maximum Gasteiger partial charge on any atom is 0.433 e. The number of aromatic nitrogens is 4. The summed E-state index contributed by atoms with van der Waals surface area (Å²) in [5.74, 6) is 0.0642. The van der Waals surface area contributed by atoms with Crippen molar-refractivity contribution in [3.05, 3.63) is 16.7 Å². The molecule has 3 atom stereocenters. The van der Waals surface area contributed by atoms with Crippen molar-refractivity contribution in [2.75, 3.05) is 18.9 Å². The number of hydrogen-bond acceptors (Lipinski definition) is 8. The van der Waals surface area contributed by atoms with E-state index in [1.807, 2.05) is 0 Å². The molecule has 0 spiro atoms. The number of aliphatic hydroxyl groups is 2. The molecule has 2 aromatic rings. The second kappa shape index (κ2) is 7.51. The van der Waals surface area contributed by atoms with E-state index in [0.717, 1.165) is 6.42 Å². The van der Waals surface area contributed by atoms with E-state index < -0.39 is 13.3 Å². The van der Waals surface area contributed by atoms with E-state index in [1.54, 1.807) is 4.57 Å². The molecule has 1 fully saturated rings. The van der Waals surface area contributed by atoms with Gasteiger partial charge in [-0.15, -0.1) is 0 Å². The minimum absolute atomic E-state index is 0.0131. The fraction of sp³-hybridized carbons (Fsp3) is 0.500. The average molecular weight is 391 g/mol. The van der Waals surface area contributed by atoms with Crippen LogP contribution in [0.15, 0.2) is 11.1 Å². The Kier molecular flexibility index (Phi) is 5.78. The molecule has 0 saturated heterocycles. The minimum atomic E-state index is -4.82. The molecule has 26 heavy (non-hydrogen) atoms. The van der Waals surface area contributed by atoms with Gasteiger partial charge in [-0.2, -0.15) is 4.98 Å². The van der Waals surface area contributed by atoms with E-state index in [2.05, 4.69) is 15.0 Å². The summed E-state index contributed by atoms with van der Waals surface area (Å²) >= 11 is 0. The summed E-state index contributed by atoms with van der Waals surface area (Å²) in [6, 6.07) is -0.0131. The van der Waals surface area contributed by atoms with Gasteiger partial charge in [-0.05, 0) is 12.3 Å². The number of hydrogen-bond donors (Lipinski definition) is 7. The van der Waals surface area contributed by atoms with Gasteiger partial charge in [-0.1, -0.05) is 0 Å². The zero-order valence-corrected chi connectivity index (χ0v) is 14.2. The van der Waals surface area contributed by atoms with E-state index in [4.69, 9.17) is 20.6 Å². The Balaban J connectivity index is 0.000000298. The molecule has 8 N–H and O–H groups in total. The lowest BCUT2D eigenvalue weighted by Crippen LogP contribution is -2.42. The fourth-order valence-corrected chi connectivity index (χ4v) is 2.76. The van der Waals surface area contributed by atoms with E-state index in [1.165, 1.54) is 6.33 Å². The van der Waals surface area contributed by atoms with Crippen LogP contribution in [0.3, 0.4) is 0 Å². The van der Waals surface area contributed by atoms with Crippen LogP contribution in [0.4, 0.5) is 10.7 Å². The number of fused-ring (bicyclic) bond motifs is 1. The number of nitrogens with two attached hydrogens (primary N) is 1. The number of anilines is 1. The second-order valence-electron chi connectivity index (χ2n) is 5.69. The van der Waals surface area contributed by atoms with E-state index >= 15 is 0 Å². The first-order chi connectivity index (χ1) is 12.1. The van der Waals surface area contributed by atoms with Crippen molar-refractivity contribution in [2.45, 2.75) is 12.5 Å². The third-order valence-corrected chi connectivity index (χ3v) is 4.64. The Morgan fingerprint density at radius 3 is 2.50 bits per heavy atom. The van der Waals surface area contributed by atoms with Gasteiger partial charge in [0.2, 0.25) is 5.95 Å². The number of imidazole rings is 1. The lowest BCUT2D eigenvalue weighted by Gasteiger charge is -2.43. The molecule has 0 aromatic carbocycles. The number of aliphatic hydroxyl groups excluding tert-OH is 2. The SMILES string of the molecule is Nc1nc2c(ncn2[C@H]2C[C@H](CO)[C@H]2CO)c(=O)[nH]1.O=C(O)P(=O)(O)O. The lowest BCUT2D eigenvalue weighted by atomic mass is 9.70. The van der Waals surface area contributed by atoms with E-state index in [0.29, 0.717) is 5.65 Å². The molecular formula is C12H18N5O8P. The first-order valence-electron chi connectivity index (χ1n) is 7.33. The van der Waals surface area contributed by atoms with Gasteiger partial charge < -0.3 is 35.4 Å². The highest BCUT2D eigenvalue weighted by Crippen LogP contribution is 2.44. The first kappa shape index (κ1) is 20.0. The summed E-state index contributed by atoms with van der Waals surface area (Å²) in [6.07, 6.45) is 2.26. The van der Waals surface area contributed by atoms with Crippen LogP contribution in [0.5, 0.6) is 0 Å². The molecule has 2 aromatic heterocycles. The zero-order valence-electron chi connectivity index (χ0n) is 13.3. The van der Waals surface area contributed by atoms with Crippen LogP contribution in [-0.4, -0.2) is 63.5 Å². The van der Waals surface area contributed by atoms with Crippen molar-refractivity contribution in [1.29, 1.82) is 0 Å². The Bertz CT molecular complexity index is 905. The van der Waals surface area contributed by atoms with Crippen molar-refractivity contribution in [3.63, 3.8) is 0 Å². The molecule has 0 radical (unpaired) electrons. The summed E-state index contributed by atoms with van der Waals surface area (Å²) in [5, 5.41) is 26.0. The number of H-pyrrole nitrogens is 1. The van der Waals surface area contributed by atoms with Crippen molar-refractivity contribution in [3.8, 4) is 0 Å². The van der Waals surface area contributed by atoms with Crippen LogP contribution < -0.4 is 11.3 Å². The predicted molar refractivity (Wildman–Crippen MR) is 87.4 cm³/mol. The molecule has 3 rings (SSSR count). The molecule has 1 saturated carbocycles. The van der Waals surface area contributed by atoms with Crippen molar-refractivity contribution in [1.82, 2.24) is 19.5 Å². The third kappa shape index (κ3) is 3.92. The maximum absolute atomic E-state index is 11.7. The molecule has 0 bridgehead atoms. The van der Waals surface area contributed by atoms with Crippen LogP contribution in [0.2, 0.25) is 0 Å². The van der Waals surface area contributed by atoms with Gasteiger partial charge >= 0.3 is 13.3 Å². The normalized spacial score (nSPS) is 22.4. The highest BCUT2D eigenvalue weighted by atomic mass is 31.2. The maximum atomic E-state index is 11.7. The standard InChI is InChI=1S/C11H15N5O3.CH3O5P/c12-11-14-9-8(10(19)15-11)13-4-16(9)7-1-5(2-17)6(7)3-18;2-1(3)7(4,5)6/h4-7,17-18H,1-3H2,(H3,12,14,15,19);(H,2,3)(H2,4,5,6)/t5-,6-,7+;/m1./s1. The molecule has 0 unspecified atom stereocenters. The number of rotatable bonds is 4. The van der Waals surface area contributed by atoms with Crippen LogP contribution in [0, 0.1) is 11.8 Å². The third-order valence-electron chi connectivity index (χ3n) is 4.15. The van der Waals surface area contributed by atoms with Gasteiger partial charge in [0.05, 0.1) is 6.33 Å². The topological polar surface area (TPSA) is 225 Å². The molecule has 2 heterocycles. The van der Waals surface area contributed by atoms with E-state index in [9.17, 15) is 24.4 Å². The molecule has 1 aliphatic rings. The summed E-state index contributed by atoms with van der Waals surface area (Å²) in [7, 11) is -4.82. The largest absolute Gasteiger partial charge is 0.472 e. The van der Waals surface area contributed by atoms with Gasteiger partial charge in [-0.3, -0.25) is 9.78 Å². The quantitative estimate of drug-likeness (QED) is 0.303. The summed E-state index contributed by atoms with van der Waals surface area (Å²) < 4.78 is 11.2. The monoisotopic (exact) mass is 391 g/mol. The van der Waals surface area contributed by atoms with Crippen LogP contribution >= 0.6 is 7.60 Å². The van der Waals surface area contributed by atoms with Gasteiger partial charge in [-0.25, -0.2) is 14.3 Å². The Hall–Kier alpha value is -2.31. The van der Waals surface area contributed by atoms with Crippen molar-refractivity contribution >= 4 is 30.4 Å². The molecular weight excluding hydrogens is 373 g/mol. The molecule has 144 valence electrons. The number of nitrogens with zero attached hydrogens (tertiary/aromatic N) is 3. The fourth-order valence-electron chi connectivity index (χ4n) is 2.76. The van der Waals surface area contributed by atoms with Crippen LogP contribution in [0.1, 0.15) is 12.5 Å². The number of nitrogens with one attached hydrogen (secondary N) is 1. The number of carboxylic acid groups (broad SMARTS) is 1. The van der Waals surface area contributed by atoms with E-state index in [-0.39, 0.29) is 48.1 Å². The number of nitrogen functional groups attached to an aromatic ring is 1. The number of carbonyl (C=O) groups is 1. The smallest absolute Gasteiger partial charge is 0.433 e. The minimum Gasteiger partial charge on any atom is -0.472 e. The van der Waals surface area contributed by atoms with Crippen LogP contribution in [-0.2, 0) is 4.57 Å². The summed E-state index contributed by atoms with van der Waals surface area (Å²) in [4.78, 5) is 46.7. The molecule has 13 nitrogen and oxygen atoms in total. The second-order valence-corrected chi connectivity index (χ2v) is 7.16. The summed E-state index contributed by atoms with van der Waals surface area (Å²) in [5.41, 5.74) is 3.72. The highest BCUT2D eigenvalue weighted by molar-refractivity contribution is 7.69. The predicted octanol–water partition coefficient (Wildman–Crippen LogP) is -1.29. The van der Waals surface area contributed by atoms with Crippen molar-refractivity contribution < 1.29 is 34.5 Å². The van der Waals surface area contributed by atoms with Crippen LogP contribution in [0.25, 0.3) is 11.2 Å². The first-order valence-corrected chi connectivity index (χ1v) is 8.94. The average Bonchev–Trinajstić information content (AvgIpc) is 2.91. The Labute approximate surface area is 145 Å². The van der Waals surface area contributed by atoms with Crippen molar-refractivity contribution in [2.24, 2.45) is 11.8 Å². The summed E-state index contributed by atoms with van der Waals surface area (Å²) in [6.45, 7) is 0.0265. The number of aromatic amines is 1. The van der Waals surface area contributed by atoms with Gasteiger partial charge in [0, 0.05) is 25.2 Å². The lowest BCUT2D eigenvalue weighted by molar-refractivity contribution is -0.00528. The molecule has 14 heteroatoms. The molecule has 1 aliphatic carbocycles. The molecule has 0 aliphatic heterocycles. The Morgan fingerprint density at radius 2 is 2.00 bits per heavy atom. The zero-order chi connectivity index (χ0) is 19.6. The highest BCUT2D eigenvalue weighted by Gasteiger charge is 2.42. The van der Waals surface area contributed by atoms with Gasteiger partial charge in [0.25, 0.3) is 5.56 Å². The molecule has 0 amide bonds. The van der Waals surface area contributed by atoms with Gasteiger partial charge in [0.1, 0.15) is 0 Å². The Morgan fingerprint density at radius 1 is 1.38 bits per heavy atom. The van der Waals surface area contributed by atoms with Gasteiger partial charge in [0.15, 0.2) is 11.2 Å².